The average molecular weight is 432 g/mol. The highest BCUT2D eigenvalue weighted by molar-refractivity contribution is 8.00. The molecule has 0 saturated carbocycles. The number of nitrogens with zero attached hydrogens (tertiary/aromatic N) is 3. The Balaban J connectivity index is 1.61. The zero-order chi connectivity index (χ0) is 21.6. The van der Waals surface area contributed by atoms with Crippen LogP contribution in [0.2, 0.25) is 0 Å². The standard InChI is InChI=1S/C24H21N3O3S/c1-17(23(28)29)31-24-26-25-22(27(24)20-10-6-3-7-11-20)19-12-14-21(15-13-19)30-16-18-8-4-2-5-9-18/h2-15,17H,16H2,1H3,(H,28,29). The van der Waals surface area contributed by atoms with Gasteiger partial charge in [-0.15, -0.1) is 10.2 Å². The van der Waals surface area contributed by atoms with Crippen LogP contribution in [0.25, 0.3) is 17.1 Å². The van der Waals surface area contributed by atoms with Crippen LogP contribution in [0, 0.1) is 0 Å². The number of rotatable bonds is 8. The molecule has 1 atom stereocenters. The summed E-state index contributed by atoms with van der Waals surface area (Å²) >= 11 is 1.16. The molecule has 1 aromatic heterocycles. The van der Waals surface area contributed by atoms with Crippen LogP contribution in [0.15, 0.2) is 90.1 Å². The lowest BCUT2D eigenvalue weighted by Crippen LogP contribution is -2.12. The van der Waals surface area contributed by atoms with Crippen molar-refractivity contribution in [3.63, 3.8) is 0 Å². The molecule has 4 rings (SSSR count). The van der Waals surface area contributed by atoms with Gasteiger partial charge in [-0.25, -0.2) is 0 Å². The molecule has 0 aliphatic carbocycles. The summed E-state index contributed by atoms with van der Waals surface area (Å²) < 4.78 is 7.75. The molecule has 1 N–H and O–H groups in total. The van der Waals surface area contributed by atoms with Gasteiger partial charge in [0.1, 0.15) is 17.6 Å². The third-order valence-electron chi connectivity index (χ3n) is 4.64. The number of aliphatic carboxylic acids is 1. The lowest BCUT2D eigenvalue weighted by atomic mass is 10.2. The molecule has 0 amide bonds. The monoisotopic (exact) mass is 431 g/mol. The van der Waals surface area contributed by atoms with Gasteiger partial charge in [0, 0.05) is 11.3 Å². The fraction of sp³-hybridized carbons (Fsp3) is 0.125. The maximum atomic E-state index is 11.3. The number of carboxylic acids is 1. The first kappa shape index (κ1) is 20.7. The molecule has 1 heterocycles. The minimum absolute atomic E-state index is 0.494. The third kappa shape index (κ3) is 4.95. The maximum Gasteiger partial charge on any atom is 0.316 e. The Morgan fingerprint density at radius 1 is 0.968 bits per heavy atom. The molecule has 6 nitrogen and oxygen atoms in total. The van der Waals surface area contributed by atoms with Crippen molar-refractivity contribution >= 4 is 17.7 Å². The Morgan fingerprint density at radius 2 is 1.61 bits per heavy atom. The van der Waals surface area contributed by atoms with E-state index >= 15 is 0 Å². The van der Waals surface area contributed by atoms with Gasteiger partial charge in [-0.3, -0.25) is 9.36 Å². The van der Waals surface area contributed by atoms with E-state index in [0.717, 1.165) is 34.3 Å². The number of carbonyl (C=O) groups is 1. The van der Waals surface area contributed by atoms with E-state index in [1.54, 1.807) is 6.92 Å². The van der Waals surface area contributed by atoms with Gasteiger partial charge in [-0.2, -0.15) is 0 Å². The number of carboxylic acid groups (broad SMARTS) is 1. The minimum Gasteiger partial charge on any atom is -0.489 e. The van der Waals surface area contributed by atoms with Gasteiger partial charge >= 0.3 is 5.97 Å². The fourth-order valence-electron chi connectivity index (χ4n) is 2.99. The molecule has 0 saturated heterocycles. The number of benzene rings is 3. The molecule has 31 heavy (non-hydrogen) atoms. The number of hydrogen-bond acceptors (Lipinski definition) is 5. The fourth-order valence-corrected chi connectivity index (χ4v) is 3.80. The highest BCUT2D eigenvalue weighted by atomic mass is 32.2. The zero-order valence-electron chi connectivity index (χ0n) is 16.9. The van der Waals surface area contributed by atoms with Gasteiger partial charge in [0.15, 0.2) is 11.0 Å². The van der Waals surface area contributed by atoms with E-state index in [-0.39, 0.29) is 0 Å². The molecular weight excluding hydrogens is 410 g/mol. The normalized spacial score (nSPS) is 11.8. The van der Waals surface area contributed by atoms with E-state index in [4.69, 9.17) is 4.74 Å². The van der Waals surface area contributed by atoms with Crippen molar-refractivity contribution in [1.29, 1.82) is 0 Å². The lowest BCUT2D eigenvalue weighted by Gasteiger charge is -2.12. The minimum atomic E-state index is -0.894. The lowest BCUT2D eigenvalue weighted by molar-refractivity contribution is -0.136. The number of ether oxygens (including phenoxy) is 1. The van der Waals surface area contributed by atoms with E-state index in [1.165, 1.54) is 0 Å². The predicted octanol–water partition coefficient (Wildman–Crippen LogP) is 5.08. The van der Waals surface area contributed by atoms with Crippen molar-refractivity contribution in [3.8, 4) is 22.8 Å². The van der Waals surface area contributed by atoms with Crippen LogP contribution in [0.5, 0.6) is 5.75 Å². The van der Waals surface area contributed by atoms with E-state index in [0.29, 0.717) is 17.6 Å². The molecular formula is C24H21N3O3S. The number of hydrogen-bond donors (Lipinski definition) is 1. The predicted molar refractivity (Wildman–Crippen MR) is 121 cm³/mol. The second-order valence-electron chi connectivity index (χ2n) is 6.87. The largest absolute Gasteiger partial charge is 0.489 e. The van der Waals surface area contributed by atoms with Crippen LogP contribution in [0.4, 0.5) is 0 Å². The highest BCUT2D eigenvalue weighted by Crippen LogP contribution is 2.31. The van der Waals surface area contributed by atoms with Crippen molar-refractivity contribution in [2.24, 2.45) is 0 Å². The van der Waals surface area contributed by atoms with Gasteiger partial charge in [-0.1, -0.05) is 60.3 Å². The number of para-hydroxylation sites is 1. The van der Waals surface area contributed by atoms with Gasteiger partial charge in [-0.05, 0) is 48.9 Å². The summed E-state index contributed by atoms with van der Waals surface area (Å²) in [5.41, 5.74) is 2.83. The summed E-state index contributed by atoms with van der Waals surface area (Å²) in [6.45, 7) is 2.13. The molecule has 0 spiro atoms. The van der Waals surface area contributed by atoms with E-state index in [1.807, 2.05) is 89.5 Å². The first-order valence-electron chi connectivity index (χ1n) is 9.79. The molecule has 0 radical (unpaired) electrons. The molecule has 1 unspecified atom stereocenters. The van der Waals surface area contributed by atoms with Crippen LogP contribution >= 0.6 is 11.8 Å². The number of thioether (sulfide) groups is 1. The smallest absolute Gasteiger partial charge is 0.316 e. The molecule has 7 heteroatoms. The third-order valence-corrected chi connectivity index (χ3v) is 5.67. The maximum absolute atomic E-state index is 11.3. The van der Waals surface area contributed by atoms with Crippen molar-refractivity contribution in [3.05, 3.63) is 90.5 Å². The van der Waals surface area contributed by atoms with Crippen molar-refractivity contribution in [2.75, 3.05) is 0 Å². The van der Waals surface area contributed by atoms with E-state index in [9.17, 15) is 9.90 Å². The molecule has 0 aliphatic heterocycles. The first-order valence-corrected chi connectivity index (χ1v) is 10.7. The van der Waals surface area contributed by atoms with E-state index < -0.39 is 11.2 Å². The zero-order valence-corrected chi connectivity index (χ0v) is 17.7. The summed E-state index contributed by atoms with van der Waals surface area (Å²) in [6.07, 6.45) is 0. The van der Waals surface area contributed by atoms with Crippen LogP contribution in [-0.4, -0.2) is 31.1 Å². The number of aromatic nitrogens is 3. The summed E-state index contributed by atoms with van der Waals surface area (Å²) in [4.78, 5) is 11.3. The van der Waals surface area contributed by atoms with Crippen LogP contribution in [0.1, 0.15) is 12.5 Å². The highest BCUT2D eigenvalue weighted by Gasteiger charge is 2.21. The summed E-state index contributed by atoms with van der Waals surface area (Å²) in [7, 11) is 0. The van der Waals surface area contributed by atoms with Crippen molar-refractivity contribution in [1.82, 2.24) is 14.8 Å². The second kappa shape index (κ2) is 9.49. The van der Waals surface area contributed by atoms with Crippen molar-refractivity contribution in [2.45, 2.75) is 23.9 Å². The Morgan fingerprint density at radius 3 is 2.26 bits per heavy atom. The summed E-state index contributed by atoms with van der Waals surface area (Å²) in [5, 5.41) is 17.8. The molecule has 3 aromatic carbocycles. The topological polar surface area (TPSA) is 77.2 Å². The average Bonchev–Trinajstić information content (AvgIpc) is 3.22. The summed E-state index contributed by atoms with van der Waals surface area (Å²) in [5.74, 6) is 0.502. The Labute approximate surface area is 184 Å². The van der Waals surface area contributed by atoms with Gasteiger partial charge in [0.25, 0.3) is 0 Å². The molecule has 0 bridgehead atoms. The van der Waals surface area contributed by atoms with Crippen LogP contribution < -0.4 is 4.74 Å². The van der Waals surface area contributed by atoms with Gasteiger partial charge < -0.3 is 9.84 Å². The van der Waals surface area contributed by atoms with E-state index in [2.05, 4.69) is 10.2 Å². The van der Waals surface area contributed by atoms with Crippen LogP contribution in [0.3, 0.4) is 0 Å². The molecule has 4 aromatic rings. The van der Waals surface area contributed by atoms with Crippen LogP contribution in [-0.2, 0) is 11.4 Å². The van der Waals surface area contributed by atoms with Gasteiger partial charge in [0.05, 0.1) is 0 Å². The summed E-state index contributed by atoms with van der Waals surface area (Å²) in [6, 6.07) is 27.3. The Hall–Kier alpha value is -3.58. The van der Waals surface area contributed by atoms with Crippen molar-refractivity contribution < 1.29 is 14.6 Å². The Bertz CT molecular complexity index is 1150. The molecule has 0 fully saturated rings. The molecule has 0 aliphatic rings. The second-order valence-corrected chi connectivity index (χ2v) is 8.18. The Kier molecular flexibility index (Phi) is 6.33. The molecule has 156 valence electrons. The SMILES string of the molecule is CC(Sc1nnc(-c2ccc(OCc3ccccc3)cc2)n1-c1ccccc1)C(=O)O. The first-order chi connectivity index (χ1) is 15.1. The van der Waals surface area contributed by atoms with Gasteiger partial charge in [0.2, 0.25) is 0 Å². The quantitative estimate of drug-likeness (QED) is 0.392.